The van der Waals surface area contributed by atoms with Crippen molar-refractivity contribution in [2.24, 2.45) is 0 Å². The average Bonchev–Trinajstić information content (AvgIpc) is 2.90. The van der Waals surface area contributed by atoms with Gasteiger partial charge in [0.05, 0.1) is 7.11 Å². The van der Waals surface area contributed by atoms with Crippen LogP contribution in [0.5, 0.6) is 11.5 Å². The lowest BCUT2D eigenvalue weighted by molar-refractivity contribution is -0.143. The molecule has 0 saturated heterocycles. The van der Waals surface area contributed by atoms with Crippen LogP contribution in [-0.4, -0.2) is 42.5 Å². The molecule has 7 heteroatoms. The van der Waals surface area contributed by atoms with Gasteiger partial charge in [0.2, 0.25) is 5.91 Å². The number of hydrogen-bond donors (Lipinski definition) is 1. The van der Waals surface area contributed by atoms with E-state index < -0.39 is 6.04 Å². The first-order chi connectivity index (χ1) is 17.4. The fraction of sp³-hybridized carbons (Fsp3) is 0.310. The topological polar surface area (TPSA) is 67.9 Å². The molecule has 0 heterocycles. The van der Waals surface area contributed by atoms with Crippen molar-refractivity contribution in [2.75, 3.05) is 13.7 Å². The molecule has 3 rings (SSSR count). The number of hydrogen-bond acceptors (Lipinski definition) is 4. The third kappa shape index (κ3) is 7.85. The minimum Gasteiger partial charge on any atom is -0.493 e. The monoisotopic (exact) mass is 552 g/mol. The first-order valence-corrected chi connectivity index (χ1v) is 12.8. The number of rotatable bonds is 12. The van der Waals surface area contributed by atoms with Crippen molar-refractivity contribution in [3.8, 4) is 11.5 Å². The lowest BCUT2D eigenvalue weighted by atomic mass is 10.0. The second kappa shape index (κ2) is 13.7. The molecule has 0 spiro atoms. The maximum Gasteiger partial charge on any atom is 0.261 e. The molecule has 190 valence electrons. The molecule has 2 atom stereocenters. The Hall–Kier alpha value is -3.32. The standard InChI is InChI=1S/C29H33BrN2O4/c1-4-21(2)31-29(34)25(18-22-10-6-5-7-11-22)32(19-23-14-16-24(30)17-15-23)28(33)20-36-27-13-9-8-12-26(27)35-3/h5-17,21,25H,4,18-20H2,1-3H3,(H,31,34)/t21-,25+/m0/s1. The molecule has 0 bridgehead atoms. The predicted octanol–water partition coefficient (Wildman–Crippen LogP) is 5.39. The van der Waals surface area contributed by atoms with Crippen LogP contribution in [0.3, 0.4) is 0 Å². The van der Waals surface area contributed by atoms with Crippen molar-refractivity contribution in [1.82, 2.24) is 10.2 Å². The number of para-hydroxylation sites is 2. The van der Waals surface area contributed by atoms with Gasteiger partial charge in [-0.1, -0.05) is 77.5 Å². The summed E-state index contributed by atoms with van der Waals surface area (Å²) in [5.74, 6) is 0.542. The maximum absolute atomic E-state index is 13.6. The second-order valence-corrected chi connectivity index (χ2v) is 9.53. The molecule has 1 N–H and O–H groups in total. The Morgan fingerprint density at radius 2 is 1.56 bits per heavy atom. The van der Waals surface area contributed by atoms with Crippen molar-refractivity contribution >= 4 is 27.7 Å². The van der Waals surface area contributed by atoms with Crippen LogP contribution in [0, 0.1) is 0 Å². The molecule has 0 aliphatic rings. The highest BCUT2D eigenvalue weighted by Crippen LogP contribution is 2.26. The molecule has 0 fully saturated rings. The van der Waals surface area contributed by atoms with Crippen molar-refractivity contribution in [3.63, 3.8) is 0 Å². The van der Waals surface area contributed by atoms with Crippen LogP contribution in [-0.2, 0) is 22.6 Å². The summed E-state index contributed by atoms with van der Waals surface area (Å²) in [6.07, 6.45) is 1.18. The highest BCUT2D eigenvalue weighted by Gasteiger charge is 2.31. The van der Waals surface area contributed by atoms with Gasteiger partial charge in [-0.25, -0.2) is 0 Å². The van der Waals surface area contributed by atoms with E-state index in [1.165, 1.54) is 0 Å². The largest absolute Gasteiger partial charge is 0.493 e. The van der Waals surface area contributed by atoms with E-state index in [4.69, 9.17) is 9.47 Å². The third-order valence-corrected chi connectivity index (χ3v) is 6.49. The summed E-state index contributed by atoms with van der Waals surface area (Å²) >= 11 is 3.46. The Balaban J connectivity index is 1.92. The SMILES string of the molecule is CC[C@H](C)NC(=O)[C@@H](Cc1ccccc1)N(Cc1ccc(Br)cc1)C(=O)COc1ccccc1OC. The molecule has 2 amide bonds. The summed E-state index contributed by atoms with van der Waals surface area (Å²) in [5.41, 5.74) is 1.89. The molecule has 0 aliphatic heterocycles. The van der Waals surface area contributed by atoms with E-state index in [1.54, 1.807) is 24.1 Å². The lowest BCUT2D eigenvalue weighted by Gasteiger charge is -2.32. The van der Waals surface area contributed by atoms with Gasteiger partial charge in [0.25, 0.3) is 5.91 Å². The van der Waals surface area contributed by atoms with Gasteiger partial charge in [-0.15, -0.1) is 0 Å². The van der Waals surface area contributed by atoms with Gasteiger partial charge in [-0.2, -0.15) is 0 Å². The van der Waals surface area contributed by atoms with Crippen LogP contribution in [0.25, 0.3) is 0 Å². The Morgan fingerprint density at radius 3 is 2.19 bits per heavy atom. The quantitative estimate of drug-likeness (QED) is 0.327. The van der Waals surface area contributed by atoms with Gasteiger partial charge in [-0.05, 0) is 48.7 Å². The zero-order chi connectivity index (χ0) is 25.9. The van der Waals surface area contributed by atoms with Crippen LogP contribution in [0.2, 0.25) is 0 Å². The van der Waals surface area contributed by atoms with Crippen LogP contribution < -0.4 is 14.8 Å². The Kier molecular flexibility index (Phi) is 10.4. The summed E-state index contributed by atoms with van der Waals surface area (Å²) in [4.78, 5) is 28.8. The van der Waals surface area contributed by atoms with Crippen LogP contribution in [0.1, 0.15) is 31.4 Å². The molecule has 0 saturated carbocycles. The number of nitrogens with one attached hydrogen (secondary N) is 1. The van der Waals surface area contributed by atoms with Gasteiger partial charge in [-0.3, -0.25) is 9.59 Å². The van der Waals surface area contributed by atoms with Gasteiger partial charge < -0.3 is 19.7 Å². The summed E-state index contributed by atoms with van der Waals surface area (Å²) in [6.45, 7) is 4.03. The maximum atomic E-state index is 13.6. The molecule has 6 nitrogen and oxygen atoms in total. The molecule has 3 aromatic rings. The van der Waals surface area contributed by atoms with Crippen molar-refractivity contribution in [1.29, 1.82) is 0 Å². The number of halogens is 1. The minimum atomic E-state index is -0.709. The van der Waals surface area contributed by atoms with Gasteiger partial charge in [0.1, 0.15) is 6.04 Å². The van der Waals surface area contributed by atoms with E-state index in [0.717, 1.165) is 22.0 Å². The molecule has 0 unspecified atom stereocenters. The summed E-state index contributed by atoms with van der Waals surface area (Å²) in [6, 6.07) is 23.9. The number of nitrogens with zero attached hydrogens (tertiary/aromatic N) is 1. The summed E-state index contributed by atoms with van der Waals surface area (Å²) in [7, 11) is 1.55. The van der Waals surface area contributed by atoms with Crippen LogP contribution in [0.4, 0.5) is 0 Å². The van der Waals surface area contributed by atoms with E-state index >= 15 is 0 Å². The molecule has 3 aromatic carbocycles. The van der Waals surface area contributed by atoms with Gasteiger partial charge in [0.15, 0.2) is 18.1 Å². The van der Waals surface area contributed by atoms with E-state index in [1.807, 2.05) is 80.6 Å². The number of ether oxygens (including phenoxy) is 2. The molecular formula is C29H33BrN2O4. The summed E-state index contributed by atoms with van der Waals surface area (Å²) < 4.78 is 12.1. The number of amides is 2. The number of methoxy groups -OCH3 is 1. The third-order valence-electron chi connectivity index (χ3n) is 5.96. The van der Waals surface area contributed by atoms with E-state index in [2.05, 4.69) is 21.2 Å². The molecule has 0 aromatic heterocycles. The Labute approximate surface area is 221 Å². The van der Waals surface area contributed by atoms with Crippen LogP contribution >= 0.6 is 15.9 Å². The normalized spacial score (nSPS) is 12.3. The first kappa shape index (κ1) is 27.3. The number of carbonyl (C=O) groups is 2. The highest BCUT2D eigenvalue weighted by atomic mass is 79.9. The van der Waals surface area contributed by atoms with E-state index in [-0.39, 0.29) is 31.0 Å². The van der Waals surface area contributed by atoms with Gasteiger partial charge in [0, 0.05) is 23.5 Å². The van der Waals surface area contributed by atoms with Crippen LogP contribution in [0.15, 0.2) is 83.3 Å². The molecule has 36 heavy (non-hydrogen) atoms. The molecular weight excluding hydrogens is 520 g/mol. The zero-order valence-electron chi connectivity index (χ0n) is 20.9. The van der Waals surface area contributed by atoms with Crippen molar-refractivity contribution < 1.29 is 19.1 Å². The Bertz CT molecular complexity index is 1120. The summed E-state index contributed by atoms with van der Waals surface area (Å²) in [5, 5.41) is 3.07. The number of carbonyl (C=O) groups excluding carboxylic acids is 2. The minimum absolute atomic E-state index is 0.00904. The zero-order valence-corrected chi connectivity index (χ0v) is 22.5. The average molecular weight is 553 g/mol. The second-order valence-electron chi connectivity index (χ2n) is 8.61. The predicted molar refractivity (Wildman–Crippen MR) is 145 cm³/mol. The smallest absolute Gasteiger partial charge is 0.261 e. The lowest BCUT2D eigenvalue weighted by Crippen LogP contribution is -2.53. The highest BCUT2D eigenvalue weighted by molar-refractivity contribution is 9.10. The number of benzene rings is 3. The fourth-order valence-corrected chi connectivity index (χ4v) is 4.01. The van der Waals surface area contributed by atoms with E-state index in [0.29, 0.717) is 17.9 Å². The molecule has 0 aliphatic carbocycles. The first-order valence-electron chi connectivity index (χ1n) is 12.0. The molecule has 0 radical (unpaired) electrons. The van der Waals surface area contributed by atoms with Crippen molar-refractivity contribution in [3.05, 3.63) is 94.5 Å². The van der Waals surface area contributed by atoms with Gasteiger partial charge >= 0.3 is 0 Å². The van der Waals surface area contributed by atoms with Crippen molar-refractivity contribution in [2.45, 2.75) is 45.3 Å². The Morgan fingerprint density at radius 1 is 0.917 bits per heavy atom. The van der Waals surface area contributed by atoms with E-state index in [9.17, 15) is 9.59 Å². The fourth-order valence-electron chi connectivity index (χ4n) is 3.74.